The summed E-state index contributed by atoms with van der Waals surface area (Å²) in [6.07, 6.45) is 3.86. The first-order valence-electron chi connectivity index (χ1n) is 8.75. The second-order valence-corrected chi connectivity index (χ2v) is 6.72. The number of tetrazole rings is 1. The summed E-state index contributed by atoms with van der Waals surface area (Å²) in [5, 5.41) is 14.9. The van der Waals surface area contributed by atoms with E-state index in [9.17, 15) is 4.79 Å². The van der Waals surface area contributed by atoms with E-state index in [0.717, 1.165) is 37.1 Å². The third kappa shape index (κ3) is 4.03. The lowest BCUT2D eigenvalue weighted by molar-refractivity contribution is -0.119. The van der Waals surface area contributed by atoms with Crippen LogP contribution < -0.4 is 11.1 Å². The fourth-order valence-electron chi connectivity index (χ4n) is 3.20. The van der Waals surface area contributed by atoms with Crippen LogP contribution in [0.5, 0.6) is 0 Å². The number of nitrogens with two attached hydrogens (primary N) is 1. The van der Waals surface area contributed by atoms with E-state index in [-0.39, 0.29) is 24.2 Å². The quantitative estimate of drug-likeness (QED) is 0.821. The number of hydrogen-bond donors (Lipinski definition) is 2. The molecule has 1 aromatic carbocycles. The zero-order valence-electron chi connectivity index (χ0n) is 14.4. The first-order valence-corrected chi connectivity index (χ1v) is 8.75. The maximum atomic E-state index is 12.5. The summed E-state index contributed by atoms with van der Waals surface area (Å²) in [4.78, 5) is 12.5. The molecule has 1 aliphatic carbocycles. The fraction of sp³-hybridized carbons (Fsp3) is 0.529. The Kier molecular flexibility index (Phi) is 5.85. The van der Waals surface area contributed by atoms with E-state index >= 15 is 0 Å². The Bertz CT molecular complexity index is 757. The van der Waals surface area contributed by atoms with Crippen molar-refractivity contribution in [2.24, 2.45) is 11.7 Å². The molecule has 1 unspecified atom stereocenters. The highest BCUT2D eigenvalue weighted by Gasteiger charge is 2.29. The molecule has 2 heterocycles. The SMILES string of the molecule is Cl.NC(C(=O)Nc1cccc(-c2nnnn2C2CC2)c1)C1CCOCC1. The van der Waals surface area contributed by atoms with Gasteiger partial charge < -0.3 is 15.8 Å². The number of nitrogens with zero attached hydrogens (tertiary/aromatic N) is 4. The molecule has 1 amide bonds. The Hall–Kier alpha value is -2.03. The summed E-state index contributed by atoms with van der Waals surface area (Å²) >= 11 is 0. The molecule has 1 saturated carbocycles. The van der Waals surface area contributed by atoms with Crippen LogP contribution in [0.1, 0.15) is 31.7 Å². The predicted molar refractivity (Wildman–Crippen MR) is 98.9 cm³/mol. The summed E-state index contributed by atoms with van der Waals surface area (Å²) in [5.41, 5.74) is 7.73. The standard InChI is InChI=1S/C17H22N6O2.ClH/c18-15(11-6-8-25-9-7-11)17(24)19-13-3-1-2-12(10-13)16-20-21-22-23(16)14-4-5-14;/h1-3,10-11,14-15H,4-9,18H2,(H,19,24);1H. The lowest BCUT2D eigenvalue weighted by Gasteiger charge is -2.26. The number of halogens is 1. The molecular weight excluding hydrogens is 356 g/mol. The van der Waals surface area contributed by atoms with Crippen molar-refractivity contribution in [1.29, 1.82) is 0 Å². The molecule has 3 N–H and O–H groups in total. The number of amides is 1. The van der Waals surface area contributed by atoms with E-state index in [2.05, 4.69) is 20.8 Å². The molecule has 2 fully saturated rings. The molecule has 2 aromatic rings. The van der Waals surface area contributed by atoms with Crippen LogP contribution in [0.25, 0.3) is 11.4 Å². The van der Waals surface area contributed by atoms with Gasteiger partial charge in [-0.15, -0.1) is 17.5 Å². The Morgan fingerprint density at radius 3 is 2.77 bits per heavy atom. The number of benzene rings is 1. The minimum Gasteiger partial charge on any atom is -0.381 e. The van der Waals surface area contributed by atoms with Crippen molar-refractivity contribution in [3.8, 4) is 11.4 Å². The highest BCUT2D eigenvalue weighted by Crippen LogP contribution is 2.36. The van der Waals surface area contributed by atoms with Gasteiger partial charge in [-0.1, -0.05) is 12.1 Å². The topological polar surface area (TPSA) is 108 Å². The molecule has 1 aliphatic heterocycles. The maximum absolute atomic E-state index is 12.5. The molecule has 1 saturated heterocycles. The van der Waals surface area contributed by atoms with E-state index in [1.165, 1.54) is 0 Å². The number of carbonyl (C=O) groups is 1. The molecule has 0 spiro atoms. The predicted octanol–water partition coefficient (Wildman–Crippen LogP) is 1.79. The number of hydrogen-bond acceptors (Lipinski definition) is 6. The van der Waals surface area contributed by atoms with Gasteiger partial charge in [-0.05, 0) is 54.2 Å². The average Bonchev–Trinajstić information content (AvgIpc) is 3.38. The van der Waals surface area contributed by atoms with Crippen LogP contribution in [-0.4, -0.2) is 45.4 Å². The molecule has 0 radical (unpaired) electrons. The van der Waals surface area contributed by atoms with Crippen molar-refractivity contribution in [3.63, 3.8) is 0 Å². The number of ether oxygens (including phenoxy) is 1. The van der Waals surface area contributed by atoms with E-state index in [1.807, 2.05) is 28.9 Å². The van der Waals surface area contributed by atoms with E-state index in [4.69, 9.17) is 10.5 Å². The lowest BCUT2D eigenvalue weighted by Crippen LogP contribution is -2.44. The van der Waals surface area contributed by atoms with Gasteiger partial charge in [0.1, 0.15) is 0 Å². The number of anilines is 1. The van der Waals surface area contributed by atoms with Crippen molar-refractivity contribution in [2.75, 3.05) is 18.5 Å². The molecule has 0 bridgehead atoms. The van der Waals surface area contributed by atoms with Crippen LogP contribution in [0.15, 0.2) is 24.3 Å². The fourth-order valence-corrected chi connectivity index (χ4v) is 3.20. The minimum absolute atomic E-state index is 0. The summed E-state index contributed by atoms with van der Waals surface area (Å²) in [5.74, 6) is 0.734. The first kappa shape index (κ1) is 18.8. The molecule has 4 rings (SSSR count). The van der Waals surface area contributed by atoms with Crippen LogP contribution in [0.4, 0.5) is 5.69 Å². The Morgan fingerprint density at radius 1 is 1.27 bits per heavy atom. The molecule has 8 nitrogen and oxygen atoms in total. The maximum Gasteiger partial charge on any atom is 0.241 e. The number of rotatable bonds is 5. The lowest BCUT2D eigenvalue weighted by atomic mass is 9.92. The summed E-state index contributed by atoms with van der Waals surface area (Å²) in [6.45, 7) is 1.34. The van der Waals surface area contributed by atoms with Gasteiger partial charge >= 0.3 is 0 Å². The van der Waals surface area contributed by atoms with Crippen molar-refractivity contribution in [1.82, 2.24) is 20.2 Å². The Balaban J connectivity index is 0.00000196. The largest absolute Gasteiger partial charge is 0.381 e. The van der Waals surface area contributed by atoms with Gasteiger partial charge in [-0.2, -0.15) is 0 Å². The van der Waals surface area contributed by atoms with Crippen LogP contribution in [0.2, 0.25) is 0 Å². The first-order chi connectivity index (χ1) is 12.2. The summed E-state index contributed by atoms with van der Waals surface area (Å²) < 4.78 is 7.19. The molecule has 1 atom stereocenters. The van der Waals surface area contributed by atoms with Crippen molar-refractivity contribution >= 4 is 24.0 Å². The molecule has 26 heavy (non-hydrogen) atoms. The smallest absolute Gasteiger partial charge is 0.241 e. The normalized spacial score (nSPS) is 18.8. The van der Waals surface area contributed by atoms with Gasteiger partial charge in [0.25, 0.3) is 0 Å². The average molecular weight is 379 g/mol. The second kappa shape index (κ2) is 8.11. The Labute approximate surface area is 157 Å². The van der Waals surface area contributed by atoms with Crippen molar-refractivity contribution in [2.45, 2.75) is 37.8 Å². The van der Waals surface area contributed by atoms with Gasteiger partial charge in [-0.25, -0.2) is 4.68 Å². The van der Waals surface area contributed by atoms with E-state index < -0.39 is 6.04 Å². The number of nitrogens with one attached hydrogen (secondary N) is 1. The third-order valence-electron chi connectivity index (χ3n) is 4.85. The monoisotopic (exact) mass is 378 g/mol. The summed E-state index contributed by atoms with van der Waals surface area (Å²) in [6, 6.07) is 7.44. The van der Waals surface area contributed by atoms with Crippen LogP contribution in [-0.2, 0) is 9.53 Å². The van der Waals surface area contributed by atoms with Crippen molar-refractivity contribution < 1.29 is 9.53 Å². The van der Waals surface area contributed by atoms with E-state index in [1.54, 1.807) is 0 Å². The van der Waals surface area contributed by atoms with Gasteiger partial charge in [-0.3, -0.25) is 4.79 Å². The van der Waals surface area contributed by atoms with Gasteiger partial charge in [0.2, 0.25) is 5.91 Å². The molecule has 140 valence electrons. The highest BCUT2D eigenvalue weighted by molar-refractivity contribution is 5.95. The van der Waals surface area contributed by atoms with E-state index in [0.29, 0.717) is 24.9 Å². The zero-order chi connectivity index (χ0) is 17.2. The molecule has 2 aliphatic rings. The molecule has 9 heteroatoms. The minimum atomic E-state index is -0.524. The number of aromatic nitrogens is 4. The third-order valence-corrected chi connectivity index (χ3v) is 4.85. The van der Waals surface area contributed by atoms with Crippen LogP contribution in [0.3, 0.4) is 0 Å². The highest BCUT2D eigenvalue weighted by atomic mass is 35.5. The van der Waals surface area contributed by atoms with Crippen molar-refractivity contribution in [3.05, 3.63) is 24.3 Å². The summed E-state index contributed by atoms with van der Waals surface area (Å²) in [7, 11) is 0. The Morgan fingerprint density at radius 2 is 2.04 bits per heavy atom. The molecular formula is C17H23ClN6O2. The zero-order valence-corrected chi connectivity index (χ0v) is 15.2. The second-order valence-electron chi connectivity index (χ2n) is 6.72. The van der Waals surface area contributed by atoms with Crippen LogP contribution in [0, 0.1) is 5.92 Å². The number of carbonyl (C=O) groups excluding carboxylic acids is 1. The van der Waals surface area contributed by atoms with Gasteiger partial charge in [0, 0.05) is 24.5 Å². The van der Waals surface area contributed by atoms with Crippen LogP contribution >= 0.6 is 12.4 Å². The van der Waals surface area contributed by atoms with Gasteiger partial charge in [0.05, 0.1) is 12.1 Å². The van der Waals surface area contributed by atoms with Gasteiger partial charge in [0.15, 0.2) is 5.82 Å². The molecule has 1 aromatic heterocycles.